The van der Waals surface area contributed by atoms with Crippen LogP contribution in [-0.4, -0.2) is 53.0 Å². The molecule has 0 spiro atoms. The van der Waals surface area contributed by atoms with Gasteiger partial charge >= 0.3 is 5.97 Å². The van der Waals surface area contributed by atoms with Crippen LogP contribution in [0.4, 0.5) is 5.82 Å². The SMILES string of the molecule is O=C(O)c1cccc(N2CCCN(C(=O)c3ccccc3)CC2)n1. The largest absolute Gasteiger partial charge is 0.477 e. The number of pyridine rings is 1. The van der Waals surface area contributed by atoms with E-state index >= 15 is 0 Å². The molecule has 1 fully saturated rings. The molecule has 0 radical (unpaired) electrons. The lowest BCUT2D eigenvalue weighted by molar-refractivity contribution is 0.0689. The van der Waals surface area contributed by atoms with Gasteiger partial charge in [-0.2, -0.15) is 0 Å². The van der Waals surface area contributed by atoms with Crippen LogP contribution in [0.1, 0.15) is 27.3 Å². The summed E-state index contributed by atoms with van der Waals surface area (Å²) in [5, 5.41) is 9.07. The number of carbonyl (C=O) groups is 2. The second kappa shape index (κ2) is 7.12. The molecule has 0 atom stereocenters. The molecule has 1 saturated heterocycles. The number of nitrogens with zero attached hydrogens (tertiary/aromatic N) is 3. The summed E-state index contributed by atoms with van der Waals surface area (Å²) in [5.74, 6) is -0.360. The van der Waals surface area contributed by atoms with Crippen molar-refractivity contribution in [3.8, 4) is 0 Å². The van der Waals surface area contributed by atoms with E-state index in [1.807, 2.05) is 40.1 Å². The summed E-state index contributed by atoms with van der Waals surface area (Å²) in [7, 11) is 0. The van der Waals surface area contributed by atoms with Crippen molar-refractivity contribution < 1.29 is 14.7 Å². The lowest BCUT2D eigenvalue weighted by Gasteiger charge is -2.23. The number of aromatic carboxylic acids is 1. The normalized spacial score (nSPS) is 15.0. The molecule has 2 heterocycles. The molecule has 1 aliphatic heterocycles. The van der Waals surface area contributed by atoms with E-state index in [1.165, 1.54) is 6.07 Å². The fraction of sp³-hybridized carbons (Fsp3) is 0.278. The van der Waals surface area contributed by atoms with Gasteiger partial charge in [0, 0.05) is 31.7 Å². The van der Waals surface area contributed by atoms with Crippen molar-refractivity contribution in [1.29, 1.82) is 0 Å². The minimum Gasteiger partial charge on any atom is -0.477 e. The summed E-state index contributed by atoms with van der Waals surface area (Å²) < 4.78 is 0. The van der Waals surface area contributed by atoms with Gasteiger partial charge < -0.3 is 14.9 Å². The van der Waals surface area contributed by atoms with Crippen molar-refractivity contribution in [2.75, 3.05) is 31.1 Å². The van der Waals surface area contributed by atoms with Crippen molar-refractivity contribution in [2.24, 2.45) is 0 Å². The van der Waals surface area contributed by atoms with Crippen LogP contribution >= 0.6 is 0 Å². The topological polar surface area (TPSA) is 73.7 Å². The first kappa shape index (κ1) is 16.0. The first-order valence-corrected chi connectivity index (χ1v) is 7.95. The fourth-order valence-corrected chi connectivity index (χ4v) is 2.83. The van der Waals surface area contributed by atoms with Gasteiger partial charge in [-0.1, -0.05) is 24.3 Å². The number of rotatable bonds is 3. The van der Waals surface area contributed by atoms with E-state index < -0.39 is 5.97 Å². The van der Waals surface area contributed by atoms with Crippen molar-refractivity contribution in [2.45, 2.75) is 6.42 Å². The van der Waals surface area contributed by atoms with E-state index in [2.05, 4.69) is 4.98 Å². The zero-order valence-electron chi connectivity index (χ0n) is 13.3. The van der Waals surface area contributed by atoms with Gasteiger partial charge in [0.15, 0.2) is 5.69 Å². The predicted octanol–water partition coefficient (Wildman–Crippen LogP) is 2.13. The Morgan fingerprint density at radius 3 is 2.46 bits per heavy atom. The van der Waals surface area contributed by atoms with Crippen molar-refractivity contribution >= 4 is 17.7 Å². The molecule has 124 valence electrons. The second-order valence-electron chi connectivity index (χ2n) is 5.69. The lowest BCUT2D eigenvalue weighted by atomic mass is 10.2. The highest BCUT2D eigenvalue weighted by atomic mass is 16.4. The minimum absolute atomic E-state index is 0.0321. The Labute approximate surface area is 140 Å². The molecule has 3 rings (SSSR count). The molecule has 6 nitrogen and oxygen atoms in total. The van der Waals surface area contributed by atoms with E-state index in [9.17, 15) is 9.59 Å². The molecule has 0 bridgehead atoms. The fourth-order valence-electron chi connectivity index (χ4n) is 2.83. The zero-order chi connectivity index (χ0) is 16.9. The molecule has 0 aliphatic carbocycles. The van der Waals surface area contributed by atoms with Crippen LogP contribution in [0, 0.1) is 0 Å². The Hall–Kier alpha value is -2.89. The molecule has 0 saturated carbocycles. The minimum atomic E-state index is -1.03. The standard InChI is InChI=1S/C18H19N3O3/c22-17(14-6-2-1-3-7-14)21-11-5-10-20(12-13-21)16-9-4-8-15(19-16)18(23)24/h1-4,6-9H,5,10-13H2,(H,23,24). The summed E-state index contributed by atoms with van der Waals surface area (Å²) in [6, 6.07) is 14.2. The number of amides is 1. The van der Waals surface area contributed by atoms with E-state index in [1.54, 1.807) is 12.1 Å². The van der Waals surface area contributed by atoms with Gasteiger partial charge in [-0.3, -0.25) is 4.79 Å². The third-order valence-electron chi connectivity index (χ3n) is 4.08. The maximum atomic E-state index is 12.6. The molecule has 1 aliphatic rings. The van der Waals surface area contributed by atoms with Gasteiger partial charge in [0.1, 0.15) is 5.82 Å². The number of anilines is 1. The first-order valence-electron chi connectivity index (χ1n) is 7.95. The van der Waals surface area contributed by atoms with Crippen LogP contribution in [0.25, 0.3) is 0 Å². The quantitative estimate of drug-likeness (QED) is 0.936. The van der Waals surface area contributed by atoms with Gasteiger partial charge in [0.25, 0.3) is 5.91 Å². The molecule has 1 aromatic carbocycles. The highest BCUT2D eigenvalue weighted by Crippen LogP contribution is 2.16. The summed E-state index contributed by atoms with van der Waals surface area (Å²) in [4.78, 5) is 31.7. The van der Waals surface area contributed by atoms with Crippen molar-refractivity contribution in [3.63, 3.8) is 0 Å². The van der Waals surface area contributed by atoms with Crippen LogP contribution in [0.3, 0.4) is 0 Å². The predicted molar refractivity (Wildman–Crippen MR) is 90.4 cm³/mol. The third kappa shape index (κ3) is 3.53. The maximum Gasteiger partial charge on any atom is 0.354 e. The van der Waals surface area contributed by atoms with E-state index in [0.717, 1.165) is 13.0 Å². The molecular formula is C18H19N3O3. The molecule has 6 heteroatoms. The van der Waals surface area contributed by atoms with Crippen LogP contribution in [0.15, 0.2) is 48.5 Å². The van der Waals surface area contributed by atoms with Crippen LogP contribution in [-0.2, 0) is 0 Å². The average molecular weight is 325 g/mol. The molecule has 1 N–H and O–H groups in total. The number of hydrogen-bond donors (Lipinski definition) is 1. The van der Waals surface area contributed by atoms with E-state index in [-0.39, 0.29) is 11.6 Å². The van der Waals surface area contributed by atoms with Crippen LogP contribution in [0.5, 0.6) is 0 Å². The molecule has 2 aromatic rings. The van der Waals surface area contributed by atoms with Crippen molar-refractivity contribution in [3.05, 3.63) is 59.8 Å². The third-order valence-corrected chi connectivity index (χ3v) is 4.08. The Kier molecular flexibility index (Phi) is 4.74. The Morgan fingerprint density at radius 2 is 1.71 bits per heavy atom. The number of carboxylic acid groups (broad SMARTS) is 1. The van der Waals surface area contributed by atoms with Gasteiger partial charge in [0.2, 0.25) is 0 Å². The highest BCUT2D eigenvalue weighted by molar-refractivity contribution is 5.94. The van der Waals surface area contributed by atoms with Crippen molar-refractivity contribution in [1.82, 2.24) is 9.88 Å². The number of hydrogen-bond acceptors (Lipinski definition) is 4. The Bertz CT molecular complexity index is 733. The van der Waals surface area contributed by atoms with Gasteiger partial charge in [-0.05, 0) is 30.7 Å². The van der Waals surface area contributed by atoms with Gasteiger partial charge in [-0.25, -0.2) is 9.78 Å². The Balaban J connectivity index is 1.70. The van der Waals surface area contributed by atoms with Crippen LogP contribution < -0.4 is 4.90 Å². The second-order valence-corrected chi connectivity index (χ2v) is 5.69. The maximum absolute atomic E-state index is 12.6. The summed E-state index contributed by atoms with van der Waals surface area (Å²) in [6.45, 7) is 2.65. The van der Waals surface area contributed by atoms with Crippen LogP contribution in [0.2, 0.25) is 0 Å². The first-order chi connectivity index (χ1) is 11.6. The molecular weight excluding hydrogens is 306 g/mol. The van der Waals surface area contributed by atoms with Gasteiger partial charge in [0.05, 0.1) is 0 Å². The zero-order valence-corrected chi connectivity index (χ0v) is 13.3. The number of aromatic nitrogens is 1. The van der Waals surface area contributed by atoms with E-state index in [0.29, 0.717) is 31.0 Å². The van der Waals surface area contributed by atoms with Gasteiger partial charge in [-0.15, -0.1) is 0 Å². The highest BCUT2D eigenvalue weighted by Gasteiger charge is 2.21. The monoisotopic (exact) mass is 325 g/mol. The average Bonchev–Trinajstić information content (AvgIpc) is 2.88. The molecule has 1 amide bonds. The smallest absolute Gasteiger partial charge is 0.354 e. The summed E-state index contributed by atoms with van der Waals surface area (Å²) in [6.07, 6.45) is 0.817. The van der Waals surface area contributed by atoms with E-state index in [4.69, 9.17) is 5.11 Å². The summed E-state index contributed by atoms with van der Waals surface area (Å²) >= 11 is 0. The lowest BCUT2D eigenvalue weighted by Crippen LogP contribution is -2.35. The number of benzene rings is 1. The summed E-state index contributed by atoms with van der Waals surface area (Å²) in [5.41, 5.74) is 0.728. The molecule has 0 unspecified atom stereocenters. The molecule has 24 heavy (non-hydrogen) atoms. The molecule has 1 aromatic heterocycles. The Morgan fingerprint density at radius 1 is 0.917 bits per heavy atom. The number of carbonyl (C=O) groups excluding carboxylic acids is 1. The number of carboxylic acids is 1.